The second kappa shape index (κ2) is 6.88. The molecule has 0 saturated carbocycles. The largest absolute Gasteiger partial charge is 0.371 e. The lowest BCUT2D eigenvalue weighted by Crippen LogP contribution is -2.66. The molecule has 3 saturated heterocycles. The molecule has 1 amide bonds. The maximum atomic E-state index is 12.1. The van der Waals surface area contributed by atoms with Crippen LogP contribution in [0.5, 0.6) is 0 Å². The highest BCUT2D eigenvalue weighted by Gasteiger charge is 2.48. The molecule has 1 unspecified atom stereocenters. The number of hydrogen-bond acceptors (Lipinski definition) is 3. The maximum absolute atomic E-state index is 12.1. The molecule has 0 aromatic heterocycles. The smallest absolute Gasteiger partial charge is 0.223 e. The summed E-state index contributed by atoms with van der Waals surface area (Å²) < 4.78 is 6.22. The zero-order valence-corrected chi connectivity index (χ0v) is 14.4. The number of hydrogen-bond donors (Lipinski definition) is 0. The average molecular weight is 308 g/mol. The van der Waals surface area contributed by atoms with Crippen LogP contribution < -0.4 is 0 Å². The predicted octanol–water partition coefficient (Wildman–Crippen LogP) is 2.53. The van der Waals surface area contributed by atoms with Gasteiger partial charge in [-0.15, -0.1) is 0 Å². The van der Waals surface area contributed by atoms with Gasteiger partial charge < -0.3 is 14.5 Å². The first-order valence-corrected chi connectivity index (χ1v) is 9.20. The summed E-state index contributed by atoms with van der Waals surface area (Å²) in [4.78, 5) is 16.7. The molecule has 3 heterocycles. The van der Waals surface area contributed by atoms with Crippen LogP contribution in [0.2, 0.25) is 0 Å². The van der Waals surface area contributed by atoms with Gasteiger partial charge in [0.15, 0.2) is 0 Å². The third-order valence-electron chi connectivity index (χ3n) is 5.49. The summed E-state index contributed by atoms with van der Waals surface area (Å²) in [5.41, 5.74) is 0.00500. The molecule has 3 rings (SSSR count). The summed E-state index contributed by atoms with van der Waals surface area (Å²) in [5.74, 6) is 1.45. The molecule has 22 heavy (non-hydrogen) atoms. The van der Waals surface area contributed by atoms with Gasteiger partial charge in [0.25, 0.3) is 0 Å². The Kier molecular flexibility index (Phi) is 5.08. The van der Waals surface area contributed by atoms with E-state index in [0.29, 0.717) is 24.2 Å². The molecule has 4 heteroatoms. The van der Waals surface area contributed by atoms with Crippen molar-refractivity contribution in [2.24, 2.45) is 11.8 Å². The molecule has 4 nitrogen and oxygen atoms in total. The Balaban J connectivity index is 1.38. The fourth-order valence-corrected chi connectivity index (χ4v) is 4.12. The van der Waals surface area contributed by atoms with E-state index in [1.165, 1.54) is 45.3 Å². The van der Waals surface area contributed by atoms with Crippen molar-refractivity contribution in [3.63, 3.8) is 0 Å². The Hall–Kier alpha value is -0.610. The molecular formula is C18H32N2O2. The Labute approximate surface area is 135 Å². The lowest BCUT2D eigenvalue weighted by molar-refractivity contribution is -0.190. The fourth-order valence-electron chi connectivity index (χ4n) is 4.12. The summed E-state index contributed by atoms with van der Waals surface area (Å²) in [6.07, 6.45) is 7.21. The first-order valence-electron chi connectivity index (χ1n) is 9.20. The minimum Gasteiger partial charge on any atom is -0.371 e. The van der Waals surface area contributed by atoms with Gasteiger partial charge in [-0.3, -0.25) is 4.79 Å². The number of carbonyl (C=O) groups is 1. The zero-order chi connectivity index (χ0) is 15.6. The molecule has 3 fully saturated rings. The molecule has 0 N–H and O–H groups in total. The quantitative estimate of drug-likeness (QED) is 0.800. The molecule has 0 radical (unpaired) electrons. The van der Waals surface area contributed by atoms with E-state index in [1.54, 1.807) is 0 Å². The summed E-state index contributed by atoms with van der Waals surface area (Å²) in [7, 11) is 0. The average Bonchev–Trinajstić information content (AvgIpc) is 2.46. The van der Waals surface area contributed by atoms with E-state index in [9.17, 15) is 4.79 Å². The highest BCUT2D eigenvalue weighted by Crippen LogP contribution is 2.36. The standard InChI is InChI=1S/C18H32N2O2/c1-15(2)10-17(21)20-13-18(14-20)7-6-16(12-22-18)11-19-8-4-3-5-9-19/h15-16H,3-14H2,1-2H3. The molecule has 1 atom stereocenters. The van der Waals surface area contributed by atoms with Gasteiger partial charge >= 0.3 is 0 Å². The van der Waals surface area contributed by atoms with E-state index in [0.717, 1.165) is 26.1 Å². The number of carbonyl (C=O) groups excluding carboxylic acids is 1. The second-order valence-electron chi connectivity index (χ2n) is 8.11. The van der Waals surface area contributed by atoms with Gasteiger partial charge in [-0.05, 0) is 50.6 Å². The van der Waals surface area contributed by atoms with E-state index >= 15 is 0 Å². The van der Waals surface area contributed by atoms with Gasteiger partial charge in [-0.2, -0.15) is 0 Å². The highest BCUT2D eigenvalue weighted by atomic mass is 16.5. The van der Waals surface area contributed by atoms with Crippen LogP contribution in [0.3, 0.4) is 0 Å². The molecule has 126 valence electrons. The Morgan fingerprint density at radius 2 is 1.95 bits per heavy atom. The van der Waals surface area contributed by atoms with Crippen molar-refractivity contribution in [3.05, 3.63) is 0 Å². The number of piperidine rings is 1. The van der Waals surface area contributed by atoms with Gasteiger partial charge in [0.05, 0.1) is 19.7 Å². The zero-order valence-electron chi connectivity index (χ0n) is 14.4. The van der Waals surface area contributed by atoms with E-state index in [2.05, 4.69) is 18.7 Å². The van der Waals surface area contributed by atoms with E-state index in [1.807, 2.05) is 4.90 Å². The van der Waals surface area contributed by atoms with Crippen LogP contribution in [0.1, 0.15) is 52.4 Å². The summed E-state index contributed by atoms with van der Waals surface area (Å²) >= 11 is 0. The molecular weight excluding hydrogens is 276 g/mol. The van der Waals surface area contributed by atoms with Crippen LogP contribution in [0.4, 0.5) is 0 Å². The Bertz CT molecular complexity index is 375. The van der Waals surface area contributed by atoms with Crippen LogP contribution in [0.15, 0.2) is 0 Å². The molecule has 1 spiro atoms. The number of nitrogens with zero attached hydrogens (tertiary/aromatic N) is 2. The van der Waals surface area contributed by atoms with Crippen LogP contribution in [-0.2, 0) is 9.53 Å². The summed E-state index contributed by atoms with van der Waals surface area (Å²) in [6, 6.07) is 0. The molecule has 0 aromatic carbocycles. The summed E-state index contributed by atoms with van der Waals surface area (Å²) in [5, 5.41) is 0. The van der Waals surface area contributed by atoms with Gasteiger partial charge in [-0.1, -0.05) is 20.3 Å². The monoisotopic (exact) mass is 308 g/mol. The Morgan fingerprint density at radius 3 is 2.55 bits per heavy atom. The van der Waals surface area contributed by atoms with Gasteiger partial charge in [0, 0.05) is 13.0 Å². The lowest BCUT2D eigenvalue weighted by Gasteiger charge is -2.53. The summed E-state index contributed by atoms with van der Waals surface area (Å²) in [6.45, 7) is 10.5. The number of likely N-dealkylation sites (tertiary alicyclic amines) is 2. The van der Waals surface area contributed by atoms with Crippen LogP contribution in [-0.4, -0.2) is 60.6 Å². The molecule has 3 aliphatic heterocycles. The van der Waals surface area contributed by atoms with Crippen molar-refractivity contribution >= 4 is 5.91 Å². The molecule has 0 aliphatic carbocycles. The number of rotatable bonds is 4. The predicted molar refractivity (Wildman–Crippen MR) is 87.7 cm³/mol. The first kappa shape index (κ1) is 16.3. The van der Waals surface area contributed by atoms with Gasteiger partial charge in [0.2, 0.25) is 5.91 Å². The van der Waals surface area contributed by atoms with Gasteiger partial charge in [0.1, 0.15) is 5.60 Å². The highest BCUT2D eigenvalue weighted by molar-refractivity contribution is 5.77. The molecule has 3 aliphatic rings. The van der Waals surface area contributed by atoms with Crippen LogP contribution >= 0.6 is 0 Å². The van der Waals surface area contributed by atoms with Crippen molar-refractivity contribution in [3.8, 4) is 0 Å². The SMILES string of the molecule is CC(C)CC(=O)N1CC2(CCC(CN3CCCCC3)CO2)C1. The minimum absolute atomic E-state index is 0.00500. The first-order chi connectivity index (χ1) is 10.6. The van der Waals surface area contributed by atoms with Crippen molar-refractivity contribution < 1.29 is 9.53 Å². The normalized spacial score (nSPS) is 28.9. The van der Waals surface area contributed by atoms with Crippen LogP contribution in [0.25, 0.3) is 0 Å². The third kappa shape index (κ3) is 3.83. The van der Waals surface area contributed by atoms with Crippen molar-refractivity contribution in [2.75, 3.05) is 39.3 Å². The number of amides is 1. The van der Waals surface area contributed by atoms with Crippen molar-refractivity contribution in [1.82, 2.24) is 9.80 Å². The van der Waals surface area contributed by atoms with Gasteiger partial charge in [-0.25, -0.2) is 0 Å². The van der Waals surface area contributed by atoms with Crippen molar-refractivity contribution in [1.29, 1.82) is 0 Å². The van der Waals surface area contributed by atoms with E-state index < -0.39 is 0 Å². The lowest BCUT2D eigenvalue weighted by atomic mass is 9.82. The van der Waals surface area contributed by atoms with Crippen LogP contribution in [0, 0.1) is 11.8 Å². The van der Waals surface area contributed by atoms with E-state index in [-0.39, 0.29) is 5.60 Å². The molecule has 0 aromatic rings. The minimum atomic E-state index is 0.00500. The Morgan fingerprint density at radius 1 is 1.23 bits per heavy atom. The molecule has 0 bridgehead atoms. The second-order valence-corrected chi connectivity index (χ2v) is 8.11. The fraction of sp³-hybridized carbons (Fsp3) is 0.944. The third-order valence-corrected chi connectivity index (χ3v) is 5.49. The van der Waals surface area contributed by atoms with Crippen molar-refractivity contribution in [2.45, 2.75) is 58.0 Å². The number of ether oxygens (including phenoxy) is 1. The topological polar surface area (TPSA) is 32.8 Å². The maximum Gasteiger partial charge on any atom is 0.223 e. The van der Waals surface area contributed by atoms with E-state index in [4.69, 9.17) is 4.74 Å².